The van der Waals surface area contributed by atoms with Gasteiger partial charge in [0.1, 0.15) is 11.4 Å². The van der Waals surface area contributed by atoms with Crippen LogP contribution in [-0.4, -0.2) is 57.3 Å². The third kappa shape index (κ3) is 6.49. The Morgan fingerprint density at radius 2 is 1.90 bits per heavy atom. The third-order valence-electron chi connectivity index (χ3n) is 3.71. The second-order valence-corrected chi connectivity index (χ2v) is 10.1. The second kappa shape index (κ2) is 9.43. The zero-order valence-corrected chi connectivity index (χ0v) is 19.5. The number of halogens is 1. The molecule has 3 N–H and O–H groups in total. The summed E-state index contributed by atoms with van der Waals surface area (Å²) >= 11 is 5.92. The number of anilines is 3. The minimum atomic E-state index is -2.90. The number of carbonyl (C=O) groups is 2. The van der Waals surface area contributed by atoms with Gasteiger partial charge in [-0.05, 0) is 26.8 Å². The summed E-state index contributed by atoms with van der Waals surface area (Å²) in [4.78, 5) is 28.6. The number of nitrogens with one attached hydrogen (secondary N) is 3. The molecule has 2 rings (SSSR count). The van der Waals surface area contributed by atoms with E-state index in [1.54, 1.807) is 20.8 Å². The van der Waals surface area contributed by atoms with Crippen LogP contribution in [0.15, 0.2) is 27.6 Å². The Labute approximate surface area is 185 Å². The molecule has 168 valence electrons. The van der Waals surface area contributed by atoms with Gasteiger partial charge in [0.05, 0.1) is 32.2 Å². The van der Waals surface area contributed by atoms with E-state index in [4.69, 9.17) is 16.3 Å². The van der Waals surface area contributed by atoms with Crippen LogP contribution in [0.1, 0.15) is 31.3 Å². The van der Waals surface area contributed by atoms with Crippen LogP contribution >= 0.6 is 11.6 Å². The van der Waals surface area contributed by atoms with Crippen molar-refractivity contribution in [3.63, 3.8) is 0 Å². The Hall–Kier alpha value is -2.99. The van der Waals surface area contributed by atoms with E-state index < -0.39 is 27.3 Å². The summed E-state index contributed by atoms with van der Waals surface area (Å²) in [6.07, 6.45) is 2.07. The van der Waals surface area contributed by atoms with Crippen molar-refractivity contribution in [3.05, 3.63) is 29.2 Å². The van der Waals surface area contributed by atoms with Gasteiger partial charge in [-0.25, -0.2) is 18.4 Å². The standard InChI is InChI=1S/C18H24ClN7O4S/c1-18(2,3)30-17(28)23-10-7-12(31(6,29)21-5)15(22-9-10)24-11-8-13(19)25-26-14(11)16(27)20-4/h7-9H,1-6H3,(H,20,27)(H,23,28)(H,22,24,25). The molecule has 2 aromatic heterocycles. The van der Waals surface area contributed by atoms with Crippen molar-refractivity contribution in [3.8, 4) is 0 Å². The second-order valence-electron chi connectivity index (χ2n) is 7.32. The Bertz CT molecular complexity index is 1120. The number of rotatable bonds is 5. The van der Waals surface area contributed by atoms with Crippen molar-refractivity contribution in [1.29, 1.82) is 0 Å². The van der Waals surface area contributed by atoms with Gasteiger partial charge in [0.15, 0.2) is 10.8 Å². The van der Waals surface area contributed by atoms with Crippen LogP contribution in [0.25, 0.3) is 0 Å². The van der Waals surface area contributed by atoms with Gasteiger partial charge < -0.3 is 15.4 Å². The molecule has 11 nitrogen and oxygen atoms in total. The number of pyridine rings is 1. The quantitative estimate of drug-likeness (QED) is 0.605. The molecular weight excluding hydrogens is 446 g/mol. The van der Waals surface area contributed by atoms with E-state index in [-0.39, 0.29) is 32.9 Å². The fourth-order valence-electron chi connectivity index (χ4n) is 2.29. The Kier molecular flexibility index (Phi) is 7.39. The summed E-state index contributed by atoms with van der Waals surface area (Å²) in [5, 5.41) is 15.4. The molecule has 2 aromatic rings. The topological polar surface area (TPSA) is 148 Å². The zero-order chi connectivity index (χ0) is 23.4. The van der Waals surface area contributed by atoms with Crippen LogP contribution < -0.4 is 16.0 Å². The molecule has 0 saturated carbocycles. The first-order chi connectivity index (χ1) is 14.4. The van der Waals surface area contributed by atoms with Crippen LogP contribution in [0.4, 0.5) is 22.0 Å². The van der Waals surface area contributed by atoms with Gasteiger partial charge in [-0.3, -0.25) is 10.1 Å². The van der Waals surface area contributed by atoms with Crippen molar-refractivity contribution < 1.29 is 18.5 Å². The molecule has 31 heavy (non-hydrogen) atoms. The fraction of sp³-hybridized carbons (Fsp3) is 0.389. The first-order valence-corrected chi connectivity index (χ1v) is 11.3. The maximum Gasteiger partial charge on any atom is 0.412 e. The number of amides is 2. The lowest BCUT2D eigenvalue weighted by Gasteiger charge is -2.20. The summed E-state index contributed by atoms with van der Waals surface area (Å²) in [5.74, 6) is -0.365. The molecule has 0 radical (unpaired) electrons. The van der Waals surface area contributed by atoms with E-state index in [1.165, 1.54) is 38.7 Å². The fourth-order valence-corrected chi connectivity index (χ4v) is 3.44. The lowest BCUT2D eigenvalue weighted by Crippen LogP contribution is -2.27. The first-order valence-electron chi connectivity index (χ1n) is 8.99. The number of hydrogen-bond donors (Lipinski definition) is 3. The van der Waals surface area contributed by atoms with Crippen molar-refractivity contribution in [2.75, 3.05) is 31.0 Å². The van der Waals surface area contributed by atoms with Gasteiger partial charge >= 0.3 is 6.09 Å². The van der Waals surface area contributed by atoms with Crippen LogP contribution in [0.2, 0.25) is 5.15 Å². The van der Waals surface area contributed by atoms with Crippen molar-refractivity contribution >= 4 is 50.5 Å². The maximum absolute atomic E-state index is 13.1. The molecule has 0 aliphatic heterocycles. The summed E-state index contributed by atoms with van der Waals surface area (Å²) < 4.78 is 22.2. The van der Waals surface area contributed by atoms with Crippen molar-refractivity contribution in [2.24, 2.45) is 4.36 Å². The molecule has 0 bridgehead atoms. The van der Waals surface area contributed by atoms with Gasteiger partial charge in [-0.15, -0.1) is 10.2 Å². The predicted octanol–water partition coefficient (Wildman–Crippen LogP) is 3.06. The summed E-state index contributed by atoms with van der Waals surface area (Å²) in [6.45, 7) is 5.20. The van der Waals surface area contributed by atoms with Gasteiger partial charge in [0.2, 0.25) is 0 Å². The largest absolute Gasteiger partial charge is 0.444 e. The highest BCUT2D eigenvalue weighted by Gasteiger charge is 2.21. The van der Waals surface area contributed by atoms with E-state index >= 15 is 0 Å². The lowest BCUT2D eigenvalue weighted by molar-refractivity contribution is 0.0635. The molecule has 1 atom stereocenters. The highest BCUT2D eigenvalue weighted by molar-refractivity contribution is 7.93. The average Bonchev–Trinajstić information content (AvgIpc) is 2.67. The molecular formula is C18H24ClN7O4S. The summed E-state index contributed by atoms with van der Waals surface area (Å²) in [7, 11) is -0.0567. The van der Waals surface area contributed by atoms with Gasteiger partial charge in [0.25, 0.3) is 5.91 Å². The average molecular weight is 470 g/mol. The highest BCUT2D eigenvalue weighted by Crippen LogP contribution is 2.29. The number of ether oxygens (including phenoxy) is 1. The van der Waals surface area contributed by atoms with E-state index in [1.807, 2.05) is 0 Å². The van der Waals surface area contributed by atoms with Crippen LogP contribution in [0, 0.1) is 0 Å². The van der Waals surface area contributed by atoms with Crippen LogP contribution in [-0.2, 0) is 14.5 Å². The molecule has 1 unspecified atom stereocenters. The number of nitrogens with zero attached hydrogens (tertiary/aromatic N) is 4. The molecule has 0 fully saturated rings. The number of hydrogen-bond acceptors (Lipinski definition) is 9. The number of carbonyl (C=O) groups excluding carboxylic acids is 2. The minimum absolute atomic E-state index is 0.0355. The van der Waals surface area contributed by atoms with Crippen LogP contribution in [0.3, 0.4) is 0 Å². The highest BCUT2D eigenvalue weighted by atomic mass is 35.5. The van der Waals surface area contributed by atoms with E-state index in [9.17, 15) is 13.8 Å². The zero-order valence-electron chi connectivity index (χ0n) is 17.9. The van der Waals surface area contributed by atoms with E-state index in [2.05, 4.69) is 35.5 Å². The van der Waals surface area contributed by atoms with E-state index in [0.717, 1.165) is 0 Å². The molecule has 0 aliphatic carbocycles. The molecule has 2 heterocycles. The monoisotopic (exact) mass is 469 g/mol. The normalized spacial score (nSPS) is 13.0. The smallest absolute Gasteiger partial charge is 0.412 e. The lowest BCUT2D eigenvalue weighted by atomic mass is 10.2. The molecule has 13 heteroatoms. The molecule has 0 aromatic carbocycles. The third-order valence-corrected chi connectivity index (χ3v) is 5.72. The van der Waals surface area contributed by atoms with Gasteiger partial charge in [0, 0.05) is 26.4 Å². The Morgan fingerprint density at radius 3 is 2.48 bits per heavy atom. The molecule has 0 spiro atoms. The molecule has 2 amide bonds. The number of aromatic nitrogens is 3. The van der Waals surface area contributed by atoms with Crippen LogP contribution in [0.5, 0.6) is 0 Å². The molecule has 0 aliphatic rings. The first kappa shape index (κ1) is 24.3. The SMILES string of the molecule is CN=S(C)(=O)c1cc(NC(=O)OC(C)(C)C)cnc1Nc1cc(Cl)nnc1C(=O)NC. The van der Waals surface area contributed by atoms with Crippen molar-refractivity contribution in [1.82, 2.24) is 20.5 Å². The summed E-state index contributed by atoms with van der Waals surface area (Å²) in [6, 6.07) is 2.85. The Morgan fingerprint density at radius 1 is 1.23 bits per heavy atom. The molecule has 0 saturated heterocycles. The maximum atomic E-state index is 13.1. The van der Waals surface area contributed by atoms with E-state index in [0.29, 0.717) is 0 Å². The Balaban J connectivity index is 2.50. The van der Waals surface area contributed by atoms with Crippen molar-refractivity contribution in [2.45, 2.75) is 31.3 Å². The minimum Gasteiger partial charge on any atom is -0.444 e. The van der Waals surface area contributed by atoms with Gasteiger partial charge in [-0.2, -0.15) is 0 Å². The predicted molar refractivity (Wildman–Crippen MR) is 118 cm³/mol. The van der Waals surface area contributed by atoms with Gasteiger partial charge in [-0.1, -0.05) is 11.6 Å². The summed E-state index contributed by atoms with van der Waals surface area (Å²) in [5.41, 5.74) is -0.271.